The number of piperazine rings is 1. The van der Waals surface area contributed by atoms with Crippen molar-refractivity contribution in [3.05, 3.63) is 53.8 Å². The van der Waals surface area contributed by atoms with E-state index in [9.17, 15) is 9.18 Å². The maximum Gasteiger partial charge on any atom is 0.317 e. The van der Waals surface area contributed by atoms with Crippen molar-refractivity contribution in [3.8, 4) is 11.5 Å². The first kappa shape index (κ1) is 18.4. The van der Waals surface area contributed by atoms with Crippen LogP contribution in [0.1, 0.15) is 5.56 Å². The molecule has 1 saturated heterocycles. The highest BCUT2D eigenvalue weighted by Gasteiger charge is 2.21. The highest BCUT2D eigenvalue weighted by molar-refractivity contribution is 5.74. The number of nitrogens with zero attached hydrogens (tertiary/aromatic N) is 2. The molecular weight excluding hydrogens is 361 g/mol. The first-order valence-corrected chi connectivity index (χ1v) is 9.61. The molecule has 0 spiro atoms. The maximum atomic E-state index is 13.1. The summed E-state index contributed by atoms with van der Waals surface area (Å²) in [5, 5.41) is 2.99. The van der Waals surface area contributed by atoms with Gasteiger partial charge in [-0.05, 0) is 48.4 Å². The van der Waals surface area contributed by atoms with Crippen molar-refractivity contribution >= 4 is 11.7 Å². The zero-order valence-electron chi connectivity index (χ0n) is 15.7. The molecule has 1 fully saturated rings. The van der Waals surface area contributed by atoms with Crippen molar-refractivity contribution in [3.63, 3.8) is 0 Å². The van der Waals surface area contributed by atoms with Gasteiger partial charge in [0.05, 0.1) is 0 Å². The number of nitrogens with one attached hydrogen (secondary N) is 1. The van der Waals surface area contributed by atoms with Gasteiger partial charge in [-0.2, -0.15) is 0 Å². The van der Waals surface area contributed by atoms with Crippen LogP contribution < -0.4 is 19.7 Å². The van der Waals surface area contributed by atoms with Gasteiger partial charge >= 0.3 is 6.03 Å². The maximum absolute atomic E-state index is 13.1. The molecule has 4 rings (SSSR count). The Labute approximate surface area is 163 Å². The quantitative estimate of drug-likeness (QED) is 0.879. The van der Waals surface area contributed by atoms with Crippen LogP contribution in [0.25, 0.3) is 0 Å². The summed E-state index contributed by atoms with van der Waals surface area (Å²) in [4.78, 5) is 16.4. The molecule has 0 aromatic heterocycles. The van der Waals surface area contributed by atoms with E-state index in [1.165, 1.54) is 12.1 Å². The summed E-state index contributed by atoms with van der Waals surface area (Å²) in [7, 11) is 0. The smallest absolute Gasteiger partial charge is 0.317 e. The molecule has 0 aliphatic carbocycles. The number of fused-ring (bicyclic) bond motifs is 1. The summed E-state index contributed by atoms with van der Waals surface area (Å²) in [6.07, 6.45) is 0.734. The minimum atomic E-state index is -0.236. The number of carbonyl (C=O) groups excluding carboxylic acids is 1. The standard InChI is InChI=1S/C21H24FN3O3/c22-17-2-4-18(5-3-17)24-9-11-25(12-10-24)21(26)23-8-7-16-1-6-19-20(15-16)28-14-13-27-19/h1-6,15H,7-14H2,(H,23,26). The molecule has 0 bridgehead atoms. The first-order chi connectivity index (χ1) is 13.7. The lowest BCUT2D eigenvalue weighted by Crippen LogP contribution is -2.52. The second kappa shape index (κ2) is 8.37. The topological polar surface area (TPSA) is 54.0 Å². The summed E-state index contributed by atoms with van der Waals surface area (Å²) < 4.78 is 24.2. The molecule has 7 heteroatoms. The molecule has 148 valence electrons. The molecular formula is C21H24FN3O3. The van der Waals surface area contributed by atoms with Gasteiger partial charge in [-0.3, -0.25) is 0 Å². The van der Waals surface area contributed by atoms with Crippen LogP contribution in [0.3, 0.4) is 0 Å². The number of carbonyl (C=O) groups is 1. The Bertz CT molecular complexity index is 820. The average molecular weight is 385 g/mol. The molecule has 6 nitrogen and oxygen atoms in total. The Morgan fingerprint density at radius 3 is 2.43 bits per heavy atom. The molecule has 2 heterocycles. The van der Waals surface area contributed by atoms with Gasteiger partial charge in [0.15, 0.2) is 11.5 Å². The minimum Gasteiger partial charge on any atom is -0.486 e. The van der Waals surface area contributed by atoms with Crippen molar-refractivity contribution in [2.45, 2.75) is 6.42 Å². The fourth-order valence-corrected chi connectivity index (χ4v) is 3.49. The Hall–Kier alpha value is -2.96. The van der Waals surface area contributed by atoms with Crippen LogP contribution in [0.15, 0.2) is 42.5 Å². The van der Waals surface area contributed by atoms with Crippen LogP contribution >= 0.6 is 0 Å². The fourth-order valence-electron chi connectivity index (χ4n) is 3.49. The van der Waals surface area contributed by atoms with Crippen molar-refractivity contribution < 1.29 is 18.7 Å². The van der Waals surface area contributed by atoms with Gasteiger partial charge in [-0.25, -0.2) is 9.18 Å². The molecule has 0 radical (unpaired) electrons. The average Bonchev–Trinajstić information content (AvgIpc) is 2.74. The number of anilines is 1. The SMILES string of the molecule is O=C(NCCc1ccc2c(c1)OCCO2)N1CCN(c2ccc(F)cc2)CC1. The van der Waals surface area contributed by atoms with Crippen LogP contribution in [0.5, 0.6) is 11.5 Å². The van der Waals surface area contributed by atoms with Crippen LogP contribution in [0.2, 0.25) is 0 Å². The van der Waals surface area contributed by atoms with Gasteiger partial charge in [0.25, 0.3) is 0 Å². The first-order valence-electron chi connectivity index (χ1n) is 9.61. The summed E-state index contributed by atoms with van der Waals surface area (Å²) in [6, 6.07) is 12.3. The number of rotatable bonds is 4. The van der Waals surface area contributed by atoms with Crippen molar-refractivity contribution in [1.29, 1.82) is 0 Å². The van der Waals surface area contributed by atoms with E-state index in [1.54, 1.807) is 12.1 Å². The highest BCUT2D eigenvalue weighted by Crippen LogP contribution is 2.30. The van der Waals surface area contributed by atoms with E-state index in [2.05, 4.69) is 10.2 Å². The second-order valence-electron chi connectivity index (χ2n) is 6.91. The van der Waals surface area contributed by atoms with Crippen molar-refractivity contribution in [1.82, 2.24) is 10.2 Å². The molecule has 2 aromatic carbocycles. The van der Waals surface area contributed by atoms with Gasteiger partial charge in [0, 0.05) is 38.4 Å². The molecule has 0 unspecified atom stereocenters. The monoisotopic (exact) mass is 385 g/mol. The third-order valence-corrected chi connectivity index (χ3v) is 5.06. The summed E-state index contributed by atoms with van der Waals surface area (Å²) in [6.45, 7) is 4.48. The van der Waals surface area contributed by atoms with E-state index in [4.69, 9.17) is 9.47 Å². The number of ether oxygens (including phenoxy) is 2. The number of hydrogen-bond acceptors (Lipinski definition) is 4. The third-order valence-electron chi connectivity index (χ3n) is 5.06. The summed E-state index contributed by atoms with van der Waals surface area (Å²) in [5.74, 6) is 1.31. The van der Waals surface area contributed by atoms with Crippen molar-refractivity contribution in [2.75, 3.05) is 50.8 Å². The second-order valence-corrected chi connectivity index (χ2v) is 6.91. The molecule has 2 amide bonds. The van der Waals surface area contributed by atoms with Gasteiger partial charge < -0.3 is 24.6 Å². The highest BCUT2D eigenvalue weighted by atomic mass is 19.1. The van der Waals surface area contributed by atoms with Crippen molar-refractivity contribution in [2.24, 2.45) is 0 Å². The van der Waals surface area contributed by atoms with Crippen LogP contribution in [-0.2, 0) is 6.42 Å². The number of halogens is 1. The van der Waals surface area contributed by atoms with Gasteiger partial charge in [-0.15, -0.1) is 0 Å². The normalized spacial score (nSPS) is 16.0. The molecule has 1 N–H and O–H groups in total. The van der Waals surface area contributed by atoms with Crippen LogP contribution in [0, 0.1) is 5.82 Å². The van der Waals surface area contributed by atoms with E-state index in [0.717, 1.165) is 42.3 Å². The Kier molecular flexibility index (Phi) is 5.50. The lowest BCUT2D eigenvalue weighted by atomic mass is 10.1. The Balaban J connectivity index is 1.22. The van der Waals surface area contributed by atoms with E-state index >= 15 is 0 Å². The van der Waals surface area contributed by atoms with Crippen LogP contribution in [0.4, 0.5) is 14.9 Å². The van der Waals surface area contributed by atoms with Gasteiger partial charge in [0.1, 0.15) is 19.0 Å². The molecule has 2 aliphatic rings. The molecule has 2 aromatic rings. The third kappa shape index (κ3) is 4.30. The predicted octanol–water partition coefficient (Wildman–Crippen LogP) is 2.67. The van der Waals surface area contributed by atoms with E-state index in [-0.39, 0.29) is 11.8 Å². The Morgan fingerprint density at radius 1 is 0.964 bits per heavy atom. The largest absolute Gasteiger partial charge is 0.486 e. The predicted molar refractivity (Wildman–Crippen MR) is 105 cm³/mol. The number of urea groups is 1. The van der Waals surface area contributed by atoms with E-state index < -0.39 is 0 Å². The molecule has 2 aliphatic heterocycles. The zero-order valence-corrected chi connectivity index (χ0v) is 15.7. The molecule has 0 atom stereocenters. The Morgan fingerprint density at radius 2 is 1.68 bits per heavy atom. The minimum absolute atomic E-state index is 0.0451. The zero-order chi connectivity index (χ0) is 19.3. The summed E-state index contributed by atoms with van der Waals surface area (Å²) in [5.41, 5.74) is 2.09. The summed E-state index contributed by atoms with van der Waals surface area (Å²) >= 11 is 0. The van der Waals surface area contributed by atoms with Gasteiger partial charge in [0.2, 0.25) is 0 Å². The molecule has 0 saturated carbocycles. The lowest BCUT2D eigenvalue weighted by Gasteiger charge is -2.36. The van der Waals surface area contributed by atoms with E-state index in [1.807, 2.05) is 23.1 Å². The lowest BCUT2D eigenvalue weighted by molar-refractivity contribution is 0.171. The van der Waals surface area contributed by atoms with Gasteiger partial charge in [-0.1, -0.05) is 6.07 Å². The number of amides is 2. The van der Waals surface area contributed by atoms with Crippen LogP contribution in [-0.4, -0.2) is 56.9 Å². The number of hydrogen-bond donors (Lipinski definition) is 1. The molecule has 28 heavy (non-hydrogen) atoms. The fraction of sp³-hybridized carbons (Fsp3) is 0.381. The number of benzene rings is 2. The van der Waals surface area contributed by atoms with E-state index in [0.29, 0.717) is 32.8 Å².